The zero-order valence-electron chi connectivity index (χ0n) is 12.1. The molecule has 2 rings (SSSR count). The second kappa shape index (κ2) is 6.45. The van der Waals surface area contributed by atoms with Crippen LogP contribution in [0.1, 0.15) is 17.5 Å². The third kappa shape index (κ3) is 4.28. The highest BCUT2D eigenvalue weighted by Crippen LogP contribution is 2.38. The molecule has 1 aromatic rings. The van der Waals surface area contributed by atoms with Crippen LogP contribution >= 0.6 is 0 Å². The quantitative estimate of drug-likeness (QED) is 0.656. The van der Waals surface area contributed by atoms with Crippen molar-refractivity contribution in [2.45, 2.75) is 18.7 Å². The van der Waals surface area contributed by atoms with Gasteiger partial charge in [-0.3, -0.25) is 9.59 Å². The van der Waals surface area contributed by atoms with Gasteiger partial charge in [-0.15, -0.1) is 0 Å². The van der Waals surface area contributed by atoms with E-state index in [1.807, 2.05) is 0 Å². The fourth-order valence-corrected chi connectivity index (χ4v) is 2.90. The largest absolute Gasteiger partial charge is 0.481 e. The zero-order valence-corrected chi connectivity index (χ0v) is 12.9. The molecular weight excluding hydrogens is 308 g/mol. The molecule has 1 aliphatic rings. The molecule has 3 N–H and O–H groups in total. The van der Waals surface area contributed by atoms with Gasteiger partial charge in [0, 0.05) is 6.54 Å². The number of carbonyl (C=O) groups excluding carboxylic acids is 1. The Hall–Kier alpha value is -1.93. The molecule has 7 nitrogen and oxygen atoms in total. The third-order valence-corrected chi connectivity index (χ3v) is 4.94. The number of rotatable bonds is 7. The number of carbonyl (C=O) groups is 2. The van der Waals surface area contributed by atoms with E-state index in [0.717, 1.165) is 5.56 Å². The molecule has 8 heteroatoms. The van der Waals surface area contributed by atoms with E-state index in [4.69, 9.17) is 5.11 Å². The number of hydrogen-bond acceptors (Lipinski definition) is 4. The molecule has 0 aliphatic heterocycles. The highest BCUT2D eigenvalue weighted by atomic mass is 32.2. The molecule has 2 atom stereocenters. The number of hydrogen-bond donors (Lipinski definition) is 3. The summed E-state index contributed by atoms with van der Waals surface area (Å²) in [4.78, 5) is 22.4. The second-order valence-electron chi connectivity index (χ2n) is 5.28. The van der Waals surface area contributed by atoms with Crippen LogP contribution in [0.2, 0.25) is 0 Å². The number of nitrogens with one attached hydrogen (secondary N) is 2. The van der Waals surface area contributed by atoms with Crippen LogP contribution in [0.4, 0.5) is 0 Å². The molecule has 0 bridgehead atoms. The van der Waals surface area contributed by atoms with Gasteiger partial charge in [0.15, 0.2) is 0 Å². The minimum absolute atomic E-state index is 0.0987. The van der Waals surface area contributed by atoms with Crippen LogP contribution in [0, 0.1) is 11.8 Å². The summed E-state index contributed by atoms with van der Waals surface area (Å²) in [5, 5.41) is 11.5. The van der Waals surface area contributed by atoms with Crippen molar-refractivity contribution >= 4 is 21.9 Å². The van der Waals surface area contributed by atoms with E-state index >= 15 is 0 Å². The van der Waals surface area contributed by atoms with Crippen molar-refractivity contribution in [3.8, 4) is 0 Å². The lowest BCUT2D eigenvalue weighted by molar-refractivity contribution is -0.140. The van der Waals surface area contributed by atoms with Crippen molar-refractivity contribution in [1.82, 2.24) is 10.0 Å². The SMILES string of the molecule is CNS(=O)(=O)Cc1ccc(CNC(=O)[C@@H]2C[C@H]2C(=O)O)cc1. The molecule has 0 unspecified atom stereocenters. The van der Waals surface area contributed by atoms with Gasteiger partial charge in [0.05, 0.1) is 17.6 Å². The average Bonchev–Trinajstić information content (AvgIpc) is 3.26. The summed E-state index contributed by atoms with van der Waals surface area (Å²) in [7, 11) is -1.94. The van der Waals surface area contributed by atoms with E-state index in [1.165, 1.54) is 7.05 Å². The van der Waals surface area contributed by atoms with Crippen LogP contribution in [-0.2, 0) is 31.9 Å². The lowest BCUT2D eigenvalue weighted by Crippen LogP contribution is -2.26. The first kappa shape index (κ1) is 16.4. The van der Waals surface area contributed by atoms with Crippen molar-refractivity contribution in [3.05, 3.63) is 35.4 Å². The minimum Gasteiger partial charge on any atom is -0.481 e. The third-order valence-electron chi connectivity index (χ3n) is 3.60. The fourth-order valence-electron chi connectivity index (χ4n) is 2.12. The van der Waals surface area contributed by atoms with Crippen molar-refractivity contribution in [2.75, 3.05) is 7.05 Å². The molecule has 120 valence electrons. The summed E-state index contributed by atoms with van der Waals surface area (Å²) in [6, 6.07) is 6.85. The zero-order chi connectivity index (χ0) is 16.3. The molecule has 0 spiro atoms. The molecule has 1 fully saturated rings. The number of amides is 1. The van der Waals surface area contributed by atoms with Gasteiger partial charge in [-0.05, 0) is 24.6 Å². The Morgan fingerprint density at radius 2 is 1.77 bits per heavy atom. The van der Waals surface area contributed by atoms with E-state index in [0.29, 0.717) is 18.5 Å². The molecule has 0 aromatic heterocycles. The molecular formula is C14H18N2O5S. The number of sulfonamides is 1. The molecule has 1 aliphatic carbocycles. The van der Waals surface area contributed by atoms with Crippen LogP contribution in [0.15, 0.2) is 24.3 Å². The first-order chi connectivity index (χ1) is 10.3. The Bertz CT molecular complexity index is 669. The van der Waals surface area contributed by atoms with Crippen molar-refractivity contribution < 1.29 is 23.1 Å². The van der Waals surface area contributed by atoms with Crippen molar-refractivity contribution in [2.24, 2.45) is 11.8 Å². The van der Waals surface area contributed by atoms with E-state index < -0.39 is 27.8 Å². The van der Waals surface area contributed by atoms with Crippen LogP contribution in [0.5, 0.6) is 0 Å². The lowest BCUT2D eigenvalue weighted by atomic mass is 10.1. The molecule has 0 heterocycles. The number of carboxylic acid groups (broad SMARTS) is 1. The topological polar surface area (TPSA) is 113 Å². The standard InChI is InChI=1S/C14H18N2O5S/c1-15-22(20,21)8-10-4-2-9(3-5-10)7-16-13(17)11-6-12(11)14(18)19/h2-5,11-12,15H,6-8H2,1H3,(H,16,17)(H,18,19)/t11-,12-/m1/s1. The summed E-state index contributed by atoms with van der Waals surface area (Å²) >= 11 is 0. The molecule has 0 saturated heterocycles. The highest BCUT2D eigenvalue weighted by Gasteiger charge is 2.48. The Labute approximate surface area is 128 Å². The molecule has 1 aromatic carbocycles. The van der Waals surface area contributed by atoms with Gasteiger partial charge in [-0.2, -0.15) is 0 Å². The Balaban J connectivity index is 1.84. The maximum atomic E-state index is 11.7. The van der Waals surface area contributed by atoms with Gasteiger partial charge in [0.1, 0.15) is 0 Å². The smallest absolute Gasteiger partial charge is 0.307 e. The van der Waals surface area contributed by atoms with Crippen molar-refractivity contribution in [1.29, 1.82) is 0 Å². The molecule has 0 radical (unpaired) electrons. The van der Waals surface area contributed by atoms with Crippen LogP contribution in [0.25, 0.3) is 0 Å². The lowest BCUT2D eigenvalue weighted by Gasteiger charge is -2.06. The van der Waals surface area contributed by atoms with Gasteiger partial charge >= 0.3 is 5.97 Å². The first-order valence-corrected chi connectivity index (χ1v) is 8.47. The number of benzene rings is 1. The van der Waals surface area contributed by atoms with E-state index in [1.54, 1.807) is 24.3 Å². The predicted octanol–water partition coefficient (Wildman–Crippen LogP) is 0.0727. The van der Waals surface area contributed by atoms with Gasteiger partial charge in [-0.1, -0.05) is 24.3 Å². The summed E-state index contributed by atoms with van der Waals surface area (Å²) in [6.45, 7) is 0.292. The van der Waals surface area contributed by atoms with E-state index in [2.05, 4.69) is 10.0 Å². The molecule has 1 saturated carbocycles. The second-order valence-corrected chi connectivity index (χ2v) is 7.21. The Morgan fingerprint density at radius 1 is 1.18 bits per heavy atom. The Kier molecular flexibility index (Phi) is 4.82. The van der Waals surface area contributed by atoms with Gasteiger partial charge < -0.3 is 10.4 Å². The fraction of sp³-hybridized carbons (Fsp3) is 0.429. The summed E-state index contributed by atoms with van der Waals surface area (Å²) < 4.78 is 25.1. The normalized spacial score (nSPS) is 20.4. The summed E-state index contributed by atoms with van der Waals surface area (Å²) in [6.07, 6.45) is 0.391. The molecule has 22 heavy (non-hydrogen) atoms. The number of carboxylic acids is 1. The maximum Gasteiger partial charge on any atom is 0.307 e. The van der Waals surface area contributed by atoms with Crippen molar-refractivity contribution in [3.63, 3.8) is 0 Å². The van der Waals surface area contributed by atoms with Gasteiger partial charge in [-0.25, -0.2) is 13.1 Å². The molecule has 1 amide bonds. The van der Waals surface area contributed by atoms with E-state index in [-0.39, 0.29) is 11.7 Å². The van der Waals surface area contributed by atoms with E-state index in [9.17, 15) is 18.0 Å². The van der Waals surface area contributed by atoms with Crippen LogP contribution < -0.4 is 10.0 Å². The maximum absolute atomic E-state index is 11.7. The van der Waals surface area contributed by atoms with Gasteiger partial charge in [0.25, 0.3) is 0 Å². The van der Waals surface area contributed by atoms with Gasteiger partial charge in [0.2, 0.25) is 15.9 Å². The summed E-state index contributed by atoms with van der Waals surface area (Å²) in [5.74, 6) is -2.28. The monoisotopic (exact) mass is 326 g/mol. The van der Waals surface area contributed by atoms with Crippen LogP contribution in [-0.4, -0.2) is 32.4 Å². The summed E-state index contributed by atoms with van der Waals surface area (Å²) in [5.41, 5.74) is 1.48. The first-order valence-electron chi connectivity index (χ1n) is 6.82. The van der Waals surface area contributed by atoms with Crippen LogP contribution in [0.3, 0.4) is 0 Å². The predicted molar refractivity (Wildman–Crippen MR) is 79.2 cm³/mol. The Morgan fingerprint density at radius 3 is 2.27 bits per heavy atom. The highest BCUT2D eigenvalue weighted by molar-refractivity contribution is 7.88. The minimum atomic E-state index is -3.30. The number of aliphatic carboxylic acids is 1. The average molecular weight is 326 g/mol.